The Morgan fingerprint density at radius 2 is 2.11 bits per heavy atom. The van der Waals surface area contributed by atoms with Crippen molar-refractivity contribution >= 4 is 15.9 Å². The van der Waals surface area contributed by atoms with E-state index in [1.165, 1.54) is 0 Å². The standard InChI is InChI=1S/C8H11Br/c1-2-3-4-5-6-7-8-9/h3-4H,2,5,8H2,1H3/b4-3+. The van der Waals surface area contributed by atoms with E-state index in [1.54, 1.807) is 0 Å². The van der Waals surface area contributed by atoms with E-state index in [9.17, 15) is 0 Å². The van der Waals surface area contributed by atoms with Gasteiger partial charge in [-0.05, 0) is 6.42 Å². The van der Waals surface area contributed by atoms with Crippen molar-refractivity contribution in [2.24, 2.45) is 0 Å². The van der Waals surface area contributed by atoms with Crippen LogP contribution < -0.4 is 0 Å². The molecule has 0 heterocycles. The molecule has 0 atom stereocenters. The normalized spacial score (nSPS) is 9.11. The smallest absolute Gasteiger partial charge is 0.0645 e. The summed E-state index contributed by atoms with van der Waals surface area (Å²) >= 11 is 3.22. The third kappa shape index (κ3) is 7.78. The van der Waals surface area contributed by atoms with Crippen molar-refractivity contribution in [2.75, 3.05) is 5.33 Å². The average molecular weight is 187 g/mol. The van der Waals surface area contributed by atoms with Gasteiger partial charge in [0, 0.05) is 6.42 Å². The summed E-state index contributed by atoms with van der Waals surface area (Å²) in [5, 5.41) is 0.785. The second-order valence-electron chi connectivity index (χ2n) is 1.57. The molecular formula is C8H11Br. The van der Waals surface area contributed by atoms with Crippen LogP contribution >= 0.6 is 15.9 Å². The first-order chi connectivity index (χ1) is 4.41. The molecule has 0 saturated heterocycles. The summed E-state index contributed by atoms with van der Waals surface area (Å²) in [5.41, 5.74) is 0. The lowest BCUT2D eigenvalue weighted by Crippen LogP contribution is -1.61. The van der Waals surface area contributed by atoms with Gasteiger partial charge in [-0.15, -0.1) is 0 Å². The van der Waals surface area contributed by atoms with Crippen LogP contribution in [0.25, 0.3) is 0 Å². The number of hydrogen-bond donors (Lipinski definition) is 0. The molecule has 0 amide bonds. The van der Waals surface area contributed by atoms with Crippen LogP contribution in [0.2, 0.25) is 0 Å². The lowest BCUT2D eigenvalue weighted by molar-refractivity contribution is 1.20. The summed E-state index contributed by atoms with van der Waals surface area (Å²) in [4.78, 5) is 0. The minimum atomic E-state index is 0.785. The van der Waals surface area contributed by atoms with Gasteiger partial charge >= 0.3 is 0 Å². The van der Waals surface area contributed by atoms with E-state index in [-0.39, 0.29) is 0 Å². The zero-order valence-electron chi connectivity index (χ0n) is 5.65. The number of rotatable bonds is 2. The summed E-state index contributed by atoms with van der Waals surface area (Å²) < 4.78 is 0. The summed E-state index contributed by atoms with van der Waals surface area (Å²) in [6.45, 7) is 2.12. The molecule has 0 nitrogen and oxygen atoms in total. The predicted molar refractivity (Wildman–Crippen MR) is 45.6 cm³/mol. The van der Waals surface area contributed by atoms with Gasteiger partial charge in [0.05, 0.1) is 5.33 Å². The van der Waals surface area contributed by atoms with Crippen LogP contribution in [0.4, 0.5) is 0 Å². The van der Waals surface area contributed by atoms with E-state index in [0.717, 1.165) is 18.2 Å². The largest absolute Gasteiger partial charge is 0.0983 e. The summed E-state index contributed by atoms with van der Waals surface area (Å²) in [5.74, 6) is 5.91. The quantitative estimate of drug-likeness (QED) is 0.354. The van der Waals surface area contributed by atoms with E-state index in [1.807, 2.05) is 0 Å². The zero-order chi connectivity index (χ0) is 6.95. The molecule has 0 fully saturated rings. The van der Waals surface area contributed by atoms with Crippen LogP contribution in [0.5, 0.6) is 0 Å². The molecule has 0 radical (unpaired) electrons. The minimum absolute atomic E-state index is 0.785. The van der Waals surface area contributed by atoms with Crippen LogP contribution in [-0.4, -0.2) is 5.33 Å². The lowest BCUT2D eigenvalue weighted by atomic mass is 10.3. The fraction of sp³-hybridized carbons (Fsp3) is 0.500. The Bertz CT molecular complexity index is 125. The molecule has 1 heteroatoms. The number of halogens is 1. The molecule has 0 unspecified atom stereocenters. The predicted octanol–water partition coefficient (Wildman–Crippen LogP) is 2.74. The Morgan fingerprint density at radius 3 is 2.67 bits per heavy atom. The average Bonchev–Trinajstić information content (AvgIpc) is 1.89. The van der Waals surface area contributed by atoms with Gasteiger partial charge in [0.15, 0.2) is 0 Å². The maximum Gasteiger partial charge on any atom is 0.0645 e. The zero-order valence-corrected chi connectivity index (χ0v) is 7.24. The Hall–Kier alpha value is -0.220. The van der Waals surface area contributed by atoms with Gasteiger partial charge in [0.1, 0.15) is 0 Å². The molecule has 0 aromatic carbocycles. The molecule has 0 N–H and O–H groups in total. The summed E-state index contributed by atoms with van der Waals surface area (Å²) in [7, 11) is 0. The van der Waals surface area contributed by atoms with Crippen molar-refractivity contribution in [1.82, 2.24) is 0 Å². The lowest BCUT2D eigenvalue weighted by Gasteiger charge is -1.75. The van der Waals surface area contributed by atoms with Crippen LogP contribution in [0, 0.1) is 11.8 Å². The highest BCUT2D eigenvalue weighted by atomic mass is 79.9. The van der Waals surface area contributed by atoms with E-state index >= 15 is 0 Å². The van der Waals surface area contributed by atoms with Crippen molar-refractivity contribution in [3.8, 4) is 11.8 Å². The van der Waals surface area contributed by atoms with Crippen molar-refractivity contribution in [1.29, 1.82) is 0 Å². The fourth-order valence-electron chi connectivity index (χ4n) is 0.428. The van der Waals surface area contributed by atoms with E-state index in [2.05, 4.69) is 46.8 Å². The molecule has 0 aromatic rings. The number of alkyl halides is 1. The molecule has 0 rings (SSSR count). The molecule has 0 aromatic heterocycles. The topological polar surface area (TPSA) is 0 Å². The van der Waals surface area contributed by atoms with Crippen molar-refractivity contribution in [2.45, 2.75) is 19.8 Å². The molecule has 0 spiro atoms. The fourth-order valence-corrected chi connectivity index (χ4v) is 0.627. The maximum atomic E-state index is 3.22. The second-order valence-corrected chi connectivity index (χ2v) is 2.13. The van der Waals surface area contributed by atoms with Gasteiger partial charge in [0.25, 0.3) is 0 Å². The van der Waals surface area contributed by atoms with Crippen LogP contribution in [0.15, 0.2) is 12.2 Å². The molecular weight excluding hydrogens is 176 g/mol. The van der Waals surface area contributed by atoms with Crippen LogP contribution in [0.3, 0.4) is 0 Å². The Balaban J connectivity index is 3.18. The van der Waals surface area contributed by atoms with Crippen LogP contribution in [0.1, 0.15) is 19.8 Å². The highest BCUT2D eigenvalue weighted by molar-refractivity contribution is 9.09. The Labute approximate surface area is 65.5 Å². The highest BCUT2D eigenvalue weighted by Crippen LogP contribution is 1.83. The van der Waals surface area contributed by atoms with Gasteiger partial charge in [-0.1, -0.05) is 46.8 Å². The molecule has 0 aliphatic rings. The molecule has 50 valence electrons. The third-order valence-corrected chi connectivity index (χ3v) is 1.09. The first-order valence-electron chi connectivity index (χ1n) is 3.08. The number of allylic oxidation sites excluding steroid dienone is 2. The number of hydrogen-bond acceptors (Lipinski definition) is 0. The van der Waals surface area contributed by atoms with E-state index in [0.29, 0.717) is 0 Å². The van der Waals surface area contributed by atoms with Crippen LogP contribution in [-0.2, 0) is 0 Å². The molecule has 0 saturated carbocycles. The van der Waals surface area contributed by atoms with Gasteiger partial charge in [0.2, 0.25) is 0 Å². The summed E-state index contributed by atoms with van der Waals surface area (Å²) in [6.07, 6.45) is 6.22. The SMILES string of the molecule is CC/C=C/CC#CCBr. The van der Waals surface area contributed by atoms with E-state index < -0.39 is 0 Å². The van der Waals surface area contributed by atoms with Crippen molar-refractivity contribution < 1.29 is 0 Å². The first kappa shape index (κ1) is 8.78. The van der Waals surface area contributed by atoms with Gasteiger partial charge in [-0.25, -0.2) is 0 Å². The molecule has 9 heavy (non-hydrogen) atoms. The molecule has 0 bridgehead atoms. The molecule has 0 aliphatic carbocycles. The molecule has 0 aliphatic heterocycles. The summed E-state index contributed by atoms with van der Waals surface area (Å²) in [6, 6.07) is 0. The van der Waals surface area contributed by atoms with Crippen molar-refractivity contribution in [3.63, 3.8) is 0 Å². The first-order valence-corrected chi connectivity index (χ1v) is 4.20. The third-order valence-electron chi connectivity index (χ3n) is 0.814. The van der Waals surface area contributed by atoms with Gasteiger partial charge in [-0.2, -0.15) is 0 Å². The highest BCUT2D eigenvalue weighted by Gasteiger charge is 1.66. The second kappa shape index (κ2) is 7.78. The van der Waals surface area contributed by atoms with E-state index in [4.69, 9.17) is 0 Å². The van der Waals surface area contributed by atoms with Crippen molar-refractivity contribution in [3.05, 3.63) is 12.2 Å². The minimum Gasteiger partial charge on any atom is -0.0983 e. The monoisotopic (exact) mass is 186 g/mol. The Morgan fingerprint density at radius 1 is 1.33 bits per heavy atom. The Kier molecular flexibility index (Phi) is 7.59. The van der Waals surface area contributed by atoms with Gasteiger partial charge < -0.3 is 0 Å². The van der Waals surface area contributed by atoms with Gasteiger partial charge in [-0.3, -0.25) is 0 Å². The maximum absolute atomic E-state index is 3.22.